The summed E-state index contributed by atoms with van der Waals surface area (Å²) < 4.78 is 0. The van der Waals surface area contributed by atoms with Crippen LogP contribution in [0.4, 0.5) is 0 Å². The molecule has 1 saturated heterocycles. The molecule has 2 aromatic carbocycles. The van der Waals surface area contributed by atoms with E-state index in [0.717, 1.165) is 36.3 Å². The summed E-state index contributed by atoms with van der Waals surface area (Å²) in [5.41, 5.74) is 3.77. The molecule has 0 aromatic heterocycles. The van der Waals surface area contributed by atoms with Gasteiger partial charge in [-0.3, -0.25) is 9.59 Å². The molecule has 2 N–H and O–H groups in total. The van der Waals surface area contributed by atoms with Gasteiger partial charge in [-0.05, 0) is 54.8 Å². The number of benzene rings is 2. The van der Waals surface area contributed by atoms with Crippen LogP contribution in [0.5, 0.6) is 0 Å². The van der Waals surface area contributed by atoms with Gasteiger partial charge in [-0.15, -0.1) is 0 Å². The van der Waals surface area contributed by atoms with Crippen molar-refractivity contribution < 1.29 is 9.59 Å². The van der Waals surface area contributed by atoms with E-state index in [1.165, 1.54) is 12.8 Å². The van der Waals surface area contributed by atoms with Gasteiger partial charge in [0, 0.05) is 25.7 Å². The first kappa shape index (κ1) is 19.1. The summed E-state index contributed by atoms with van der Waals surface area (Å²) >= 11 is 0. The second-order valence-electron chi connectivity index (χ2n) is 6.93. The molecule has 1 heterocycles. The number of rotatable bonds is 7. The maximum atomic E-state index is 12.3. The molecule has 3 rings (SSSR count). The van der Waals surface area contributed by atoms with Crippen molar-refractivity contribution in [1.29, 1.82) is 0 Å². The Hall–Kier alpha value is -2.66. The van der Waals surface area contributed by atoms with Crippen molar-refractivity contribution in [1.82, 2.24) is 15.5 Å². The van der Waals surface area contributed by atoms with Crippen LogP contribution < -0.4 is 10.6 Å². The monoisotopic (exact) mass is 365 g/mol. The molecule has 0 unspecified atom stereocenters. The molecule has 5 nitrogen and oxygen atoms in total. The van der Waals surface area contributed by atoms with E-state index in [9.17, 15) is 9.59 Å². The van der Waals surface area contributed by atoms with Crippen LogP contribution in [0.25, 0.3) is 11.1 Å². The summed E-state index contributed by atoms with van der Waals surface area (Å²) in [6.45, 7) is 3.90. The van der Waals surface area contributed by atoms with Gasteiger partial charge in [-0.25, -0.2) is 0 Å². The lowest BCUT2D eigenvalue weighted by molar-refractivity contribution is -0.119. The predicted molar refractivity (Wildman–Crippen MR) is 108 cm³/mol. The van der Waals surface area contributed by atoms with E-state index in [-0.39, 0.29) is 11.8 Å². The van der Waals surface area contributed by atoms with Crippen LogP contribution in [0.15, 0.2) is 48.5 Å². The van der Waals surface area contributed by atoms with Crippen molar-refractivity contribution in [2.24, 2.45) is 0 Å². The van der Waals surface area contributed by atoms with Gasteiger partial charge in [-0.1, -0.05) is 36.4 Å². The molecule has 0 saturated carbocycles. The number of nitrogens with zero attached hydrogens (tertiary/aromatic N) is 1. The fraction of sp³-hybridized carbons (Fsp3) is 0.364. The number of likely N-dealkylation sites (tertiary alicyclic amines) is 1. The SMILES string of the molecule is CNC(=O)Cc1ccc(-c2ccc(C(=O)NCCN3CCCC3)cc2)cc1. The maximum absolute atomic E-state index is 12.3. The topological polar surface area (TPSA) is 61.4 Å². The van der Waals surface area contributed by atoms with Crippen LogP contribution in [0.2, 0.25) is 0 Å². The van der Waals surface area contributed by atoms with E-state index in [2.05, 4.69) is 15.5 Å². The number of carbonyl (C=O) groups is 2. The van der Waals surface area contributed by atoms with Crippen LogP contribution in [-0.4, -0.2) is 49.9 Å². The van der Waals surface area contributed by atoms with Gasteiger partial charge in [-0.2, -0.15) is 0 Å². The Labute approximate surface area is 160 Å². The normalized spacial score (nSPS) is 14.1. The molecule has 2 amide bonds. The maximum Gasteiger partial charge on any atom is 0.251 e. The summed E-state index contributed by atoms with van der Waals surface area (Å²) in [5, 5.41) is 5.63. The number of carbonyl (C=O) groups excluding carboxylic acids is 2. The largest absolute Gasteiger partial charge is 0.359 e. The van der Waals surface area contributed by atoms with Crippen molar-refractivity contribution >= 4 is 11.8 Å². The molecule has 5 heteroatoms. The molecule has 2 aromatic rings. The molecular weight excluding hydrogens is 338 g/mol. The van der Waals surface area contributed by atoms with Gasteiger partial charge in [0.25, 0.3) is 5.91 Å². The number of hydrogen-bond acceptors (Lipinski definition) is 3. The van der Waals surface area contributed by atoms with Crippen molar-refractivity contribution in [2.75, 3.05) is 33.2 Å². The number of amides is 2. The highest BCUT2D eigenvalue weighted by Crippen LogP contribution is 2.20. The molecule has 0 atom stereocenters. The third-order valence-corrected chi connectivity index (χ3v) is 4.99. The highest BCUT2D eigenvalue weighted by molar-refractivity contribution is 5.94. The van der Waals surface area contributed by atoms with Crippen LogP contribution in [0, 0.1) is 0 Å². The van der Waals surface area contributed by atoms with Gasteiger partial charge >= 0.3 is 0 Å². The Bertz CT molecular complexity index is 763. The molecule has 142 valence electrons. The standard InChI is InChI=1S/C22H27N3O2/c1-23-21(26)16-17-4-6-18(7-5-17)19-8-10-20(11-9-19)22(27)24-12-15-25-13-2-3-14-25/h4-11H,2-3,12-16H2,1H3,(H,23,26)(H,24,27). The first-order valence-electron chi connectivity index (χ1n) is 9.56. The Morgan fingerprint density at radius 2 is 1.52 bits per heavy atom. The average molecular weight is 365 g/mol. The van der Waals surface area contributed by atoms with Gasteiger partial charge in [0.05, 0.1) is 6.42 Å². The van der Waals surface area contributed by atoms with Crippen molar-refractivity contribution in [3.63, 3.8) is 0 Å². The Morgan fingerprint density at radius 3 is 2.11 bits per heavy atom. The highest BCUT2D eigenvalue weighted by Gasteiger charge is 2.12. The summed E-state index contributed by atoms with van der Waals surface area (Å²) in [5.74, 6) is -0.0236. The van der Waals surface area contributed by atoms with Crippen LogP contribution >= 0.6 is 0 Å². The second-order valence-corrected chi connectivity index (χ2v) is 6.93. The molecule has 27 heavy (non-hydrogen) atoms. The first-order valence-corrected chi connectivity index (χ1v) is 9.56. The predicted octanol–water partition coefficient (Wildman–Crippen LogP) is 2.47. The fourth-order valence-electron chi connectivity index (χ4n) is 3.34. The van der Waals surface area contributed by atoms with Gasteiger partial charge in [0.1, 0.15) is 0 Å². The fourth-order valence-corrected chi connectivity index (χ4v) is 3.34. The first-order chi connectivity index (χ1) is 13.2. The Kier molecular flexibility index (Phi) is 6.60. The quantitative estimate of drug-likeness (QED) is 0.792. The average Bonchev–Trinajstić information content (AvgIpc) is 3.22. The minimum Gasteiger partial charge on any atom is -0.359 e. The Balaban J connectivity index is 1.54. The summed E-state index contributed by atoms with van der Waals surface area (Å²) in [7, 11) is 1.64. The van der Waals surface area contributed by atoms with Gasteiger partial charge < -0.3 is 15.5 Å². The number of likely N-dealkylation sites (N-methyl/N-ethyl adjacent to an activating group) is 1. The van der Waals surface area contributed by atoms with E-state index >= 15 is 0 Å². The zero-order valence-electron chi connectivity index (χ0n) is 15.8. The molecule has 0 radical (unpaired) electrons. The molecular formula is C22H27N3O2. The van der Waals surface area contributed by atoms with Crippen molar-refractivity contribution in [3.05, 3.63) is 59.7 Å². The lowest BCUT2D eigenvalue weighted by atomic mass is 10.0. The minimum atomic E-state index is -0.0262. The van der Waals surface area contributed by atoms with Crippen LogP contribution in [0.1, 0.15) is 28.8 Å². The van der Waals surface area contributed by atoms with E-state index in [1.54, 1.807) is 7.05 Å². The lowest BCUT2D eigenvalue weighted by Crippen LogP contribution is -2.33. The number of hydrogen-bond donors (Lipinski definition) is 2. The van der Waals surface area contributed by atoms with Crippen molar-refractivity contribution in [2.45, 2.75) is 19.3 Å². The minimum absolute atomic E-state index is 0.00264. The van der Waals surface area contributed by atoms with Gasteiger partial charge in [0.15, 0.2) is 0 Å². The molecule has 1 aliphatic heterocycles. The second kappa shape index (κ2) is 9.33. The number of nitrogens with one attached hydrogen (secondary N) is 2. The van der Waals surface area contributed by atoms with E-state index < -0.39 is 0 Å². The highest BCUT2D eigenvalue weighted by atomic mass is 16.2. The molecule has 0 spiro atoms. The van der Waals surface area contributed by atoms with Crippen LogP contribution in [-0.2, 0) is 11.2 Å². The summed E-state index contributed by atoms with van der Waals surface area (Å²) in [6.07, 6.45) is 2.91. The molecule has 1 fully saturated rings. The van der Waals surface area contributed by atoms with E-state index in [1.807, 2.05) is 48.5 Å². The summed E-state index contributed by atoms with van der Waals surface area (Å²) in [4.78, 5) is 26.1. The van der Waals surface area contributed by atoms with E-state index in [4.69, 9.17) is 0 Å². The van der Waals surface area contributed by atoms with Crippen LogP contribution in [0.3, 0.4) is 0 Å². The Morgan fingerprint density at radius 1 is 0.926 bits per heavy atom. The smallest absolute Gasteiger partial charge is 0.251 e. The lowest BCUT2D eigenvalue weighted by Gasteiger charge is -2.14. The van der Waals surface area contributed by atoms with E-state index in [0.29, 0.717) is 18.5 Å². The third-order valence-electron chi connectivity index (χ3n) is 4.99. The zero-order valence-corrected chi connectivity index (χ0v) is 15.8. The molecule has 1 aliphatic rings. The molecule has 0 bridgehead atoms. The molecule has 0 aliphatic carbocycles. The van der Waals surface area contributed by atoms with Crippen molar-refractivity contribution in [3.8, 4) is 11.1 Å². The summed E-state index contributed by atoms with van der Waals surface area (Å²) in [6, 6.07) is 15.6. The third kappa shape index (κ3) is 5.41. The zero-order chi connectivity index (χ0) is 19.1. The van der Waals surface area contributed by atoms with Gasteiger partial charge in [0.2, 0.25) is 5.91 Å².